The van der Waals surface area contributed by atoms with Crippen LogP contribution in [-0.2, 0) is 0 Å². The number of halogens is 1. The van der Waals surface area contributed by atoms with Crippen LogP contribution in [0.1, 0.15) is 52.8 Å². The lowest BCUT2D eigenvalue weighted by atomic mass is 9.95. The smallest absolute Gasteiger partial charge is 0.255 e. The number of carbonyl (C=O) groups excluding carboxylic acids is 2. The molecule has 4 nitrogen and oxygen atoms in total. The van der Waals surface area contributed by atoms with Crippen LogP contribution >= 0.6 is 22.6 Å². The summed E-state index contributed by atoms with van der Waals surface area (Å²) in [6.45, 7) is 0. The lowest BCUT2D eigenvalue weighted by molar-refractivity contribution is 0.0928. The monoisotopic (exact) mass is 448 g/mol. The van der Waals surface area contributed by atoms with Gasteiger partial charge in [-0.1, -0.05) is 31.4 Å². The van der Waals surface area contributed by atoms with Gasteiger partial charge in [-0.25, -0.2) is 0 Å². The molecule has 2 N–H and O–H groups in total. The van der Waals surface area contributed by atoms with Crippen LogP contribution in [0.5, 0.6) is 0 Å². The van der Waals surface area contributed by atoms with E-state index in [1.54, 1.807) is 24.3 Å². The second-order valence-electron chi connectivity index (χ2n) is 6.31. The molecule has 5 heteroatoms. The van der Waals surface area contributed by atoms with Crippen LogP contribution in [0, 0.1) is 3.57 Å². The molecule has 25 heavy (non-hydrogen) atoms. The van der Waals surface area contributed by atoms with Gasteiger partial charge in [0.05, 0.1) is 11.3 Å². The zero-order valence-corrected chi connectivity index (χ0v) is 16.1. The lowest BCUT2D eigenvalue weighted by Gasteiger charge is -2.23. The van der Waals surface area contributed by atoms with E-state index >= 15 is 0 Å². The molecule has 2 aromatic carbocycles. The highest BCUT2D eigenvalue weighted by Crippen LogP contribution is 2.20. The third kappa shape index (κ3) is 4.81. The SMILES string of the molecule is O=C(Nc1ccccc1C(=O)NC1CCCCC1)c1ccc(I)cc1. The van der Waals surface area contributed by atoms with Crippen molar-refractivity contribution in [1.82, 2.24) is 5.32 Å². The fourth-order valence-corrected chi connectivity index (χ4v) is 3.46. The summed E-state index contributed by atoms with van der Waals surface area (Å²) in [7, 11) is 0. The number of anilines is 1. The molecule has 130 valence electrons. The van der Waals surface area contributed by atoms with Crippen LogP contribution < -0.4 is 10.6 Å². The Balaban J connectivity index is 1.72. The van der Waals surface area contributed by atoms with Crippen LogP contribution in [0.4, 0.5) is 5.69 Å². The Morgan fingerprint density at radius 3 is 2.28 bits per heavy atom. The molecule has 0 atom stereocenters. The summed E-state index contributed by atoms with van der Waals surface area (Å²) in [5, 5.41) is 5.97. The Hall–Kier alpha value is -1.89. The highest BCUT2D eigenvalue weighted by molar-refractivity contribution is 14.1. The maximum absolute atomic E-state index is 12.6. The molecule has 1 aliphatic rings. The van der Waals surface area contributed by atoms with E-state index in [9.17, 15) is 9.59 Å². The molecular weight excluding hydrogens is 427 g/mol. The molecule has 0 unspecified atom stereocenters. The van der Waals surface area contributed by atoms with Crippen molar-refractivity contribution in [3.63, 3.8) is 0 Å². The predicted octanol–water partition coefficient (Wildman–Crippen LogP) is 4.61. The molecule has 2 amide bonds. The number of carbonyl (C=O) groups is 2. The molecule has 0 spiro atoms. The first-order chi connectivity index (χ1) is 12.1. The third-order valence-electron chi connectivity index (χ3n) is 4.47. The molecule has 1 saturated carbocycles. The van der Waals surface area contributed by atoms with Gasteiger partial charge in [0, 0.05) is 15.2 Å². The fraction of sp³-hybridized carbons (Fsp3) is 0.300. The van der Waals surface area contributed by atoms with Crippen molar-refractivity contribution in [3.8, 4) is 0 Å². The summed E-state index contributed by atoms with van der Waals surface area (Å²) in [6.07, 6.45) is 5.63. The minimum absolute atomic E-state index is 0.120. The molecule has 0 aliphatic heterocycles. The van der Waals surface area contributed by atoms with E-state index in [0.29, 0.717) is 16.8 Å². The summed E-state index contributed by atoms with van der Waals surface area (Å²) in [5.74, 6) is -0.334. The Morgan fingerprint density at radius 1 is 0.880 bits per heavy atom. The van der Waals surface area contributed by atoms with E-state index < -0.39 is 0 Å². The van der Waals surface area contributed by atoms with Crippen molar-refractivity contribution in [1.29, 1.82) is 0 Å². The van der Waals surface area contributed by atoms with E-state index in [1.165, 1.54) is 6.42 Å². The van der Waals surface area contributed by atoms with Crippen molar-refractivity contribution in [2.75, 3.05) is 5.32 Å². The van der Waals surface area contributed by atoms with Gasteiger partial charge in [-0.2, -0.15) is 0 Å². The first kappa shape index (κ1) is 17.9. The molecule has 1 fully saturated rings. The van der Waals surface area contributed by atoms with Crippen molar-refractivity contribution in [3.05, 3.63) is 63.2 Å². The number of hydrogen-bond donors (Lipinski definition) is 2. The first-order valence-electron chi connectivity index (χ1n) is 8.60. The van der Waals surface area contributed by atoms with E-state index in [1.807, 2.05) is 24.3 Å². The number of hydrogen-bond acceptors (Lipinski definition) is 2. The van der Waals surface area contributed by atoms with Crippen molar-refractivity contribution in [2.45, 2.75) is 38.1 Å². The summed E-state index contributed by atoms with van der Waals surface area (Å²) in [6, 6.07) is 14.7. The standard InChI is InChI=1S/C20H21IN2O2/c21-15-12-10-14(11-13-15)19(24)23-18-9-5-4-8-17(18)20(25)22-16-6-2-1-3-7-16/h4-5,8-13,16H,1-3,6-7H2,(H,22,25)(H,23,24). The number of para-hydroxylation sites is 1. The fourth-order valence-electron chi connectivity index (χ4n) is 3.10. The molecule has 0 heterocycles. The minimum Gasteiger partial charge on any atom is -0.349 e. The van der Waals surface area contributed by atoms with Crippen molar-refractivity contribution in [2.24, 2.45) is 0 Å². The predicted molar refractivity (Wildman–Crippen MR) is 108 cm³/mol. The van der Waals surface area contributed by atoms with Gasteiger partial charge < -0.3 is 10.6 Å². The maximum Gasteiger partial charge on any atom is 0.255 e. The lowest BCUT2D eigenvalue weighted by Crippen LogP contribution is -2.36. The maximum atomic E-state index is 12.6. The summed E-state index contributed by atoms with van der Waals surface area (Å²) >= 11 is 2.20. The minimum atomic E-state index is -0.214. The van der Waals surface area contributed by atoms with Crippen molar-refractivity contribution >= 4 is 40.1 Å². The van der Waals surface area contributed by atoms with Gasteiger partial charge in [-0.15, -0.1) is 0 Å². The van der Waals surface area contributed by atoms with Gasteiger partial charge in [0.1, 0.15) is 0 Å². The number of nitrogens with one attached hydrogen (secondary N) is 2. The van der Waals surface area contributed by atoms with Crippen LogP contribution in [0.3, 0.4) is 0 Å². The highest BCUT2D eigenvalue weighted by Gasteiger charge is 2.19. The van der Waals surface area contributed by atoms with Gasteiger partial charge >= 0.3 is 0 Å². The van der Waals surface area contributed by atoms with Gasteiger partial charge in [0.25, 0.3) is 11.8 Å². The second-order valence-corrected chi connectivity index (χ2v) is 7.56. The van der Waals surface area contributed by atoms with E-state index in [2.05, 4.69) is 33.2 Å². The summed E-state index contributed by atoms with van der Waals surface area (Å²) < 4.78 is 1.07. The second kappa shape index (κ2) is 8.47. The average Bonchev–Trinajstić information content (AvgIpc) is 2.63. The van der Waals surface area contributed by atoms with E-state index in [-0.39, 0.29) is 17.9 Å². The van der Waals surface area contributed by atoms with Crippen LogP contribution in [0.15, 0.2) is 48.5 Å². The molecule has 0 bridgehead atoms. The molecule has 3 rings (SSSR count). The topological polar surface area (TPSA) is 58.2 Å². The normalized spacial score (nSPS) is 14.8. The Labute approximate surface area is 161 Å². The zero-order valence-electron chi connectivity index (χ0n) is 13.9. The van der Waals surface area contributed by atoms with E-state index in [4.69, 9.17) is 0 Å². The Morgan fingerprint density at radius 2 is 1.56 bits per heavy atom. The van der Waals surface area contributed by atoms with Crippen LogP contribution in [-0.4, -0.2) is 17.9 Å². The highest BCUT2D eigenvalue weighted by atomic mass is 127. The van der Waals surface area contributed by atoms with Gasteiger partial charge in [-0.05, 0) is 71.8 Å². The van der Waals surface area contributed by atoms with Gasteiger partial charge in [-0.3, -0.25) is 9.59 Å². The molecule has 0 aromatic heterocycles. The van der Waals surface area contributed by atoms with Gasteiger partial charge in [0.2, 0.25) is 0 Å². The zero-order chi connectivity index (χ0) is 17.6. The third-order valence-corrected chi connectivity index (χ3v) is 5.19. The van der Waals surface area contributed by atoms with Crippen molar-refractivity contribution < 1.29 is 9.59 Å². The van der Waals surface area contributed by atoms with Gasteiger partial charge in [0.15, 0.2) is 0 Å². The Kier molecular flexibility index (Phi) is 6.07. The van der Waals surface area contributed by atoms with E-state index in [0.717, 1.165) is 29.3 Å². The largest absolute Gasteiger partial charge is 0.349 e. The molecule has 0 saturated heterocycles. The van der Waals surface area contributed by atoms with Crippen LogP contribution in [0.2, 0.25) is 0 Å². The number of benzene rings is 2. The molecule has 1 aliphatic carbocycles. The number of rotatable bonds is 4. The first-order valence-corrected chi connectivity index (χ1v) is 9.68. The molecule has 0 radical (unpaired) electrons. The van der Waals surface area contributed by atoms with Crippen LogP contribution in [0.25, 0.3) is 0 Å². The Bertz CT molecular complexity index is 753. The quantitative estimate of drug-likeness (QED) is 0.672. The molecular formula is C20H21IN2O2. The molecule has 2 aromatic rings. The average molecular weight is 448 g/mol. The number of amides is 2. The summed E-state index contributed by atoms with van der Waals surface area (Å²) in [4.78, 5) is 25.1. The summed E-state index contributed by atoms with van der Waals surface area (Å²) in [5.41, 5.74) is 1.62.